The molecule has 36 heavy (non-hydrogen) atoms. The van der Waals surface area contributed by atoms with Crippen LogP contribution in [-0.4, -0.2) is 76.7 Å². The molecule has 0 aliphatic carbocycles. The van der Waals surface area contributed by atoms with E-state index in [1.807, 2.05) is 32.0 Å². The zero-order chi connectivity index (χ0) is 26.2. The second kappa shape index (κ2) is 10.6. The summed E-state index contributed by atoms with van der Waals surface area (Å²) >= 11 is 3.66. The summed E-state index contributed by atoms with van der Waals surface area (Å²) in [5.41, 5.74) is 1.56. The van der Waals surface area contributed by atoms with Crippen molar-refractivity contribution in [3.63, 3.8) is 0 Å². The predicted molar refractivity (Wildman–Crippen MR) is 139 cm³/mol. The molecule has 0 saturated carbocycles. The number of nitrogens with zero attached hydrogens (tertiary/aromatic N) is 2. The average molecular weight is 563 g/mol. The fourth-order valence-corrected chi connectivity index (χ4v) is 7.09. The fourth-order valence-electron chi connectivity index (χ4n) is 6.15. The minimum atomic E-state index is -1.14. The van der Waals surface area contributed by atoms with E-state index in [1.54, 1.807) is 22.8 Å². The summed E-state index contributed by atoms with van der Waals surface area (Å²) in [6, 6.07) is 5.01. The average Bonchev–Trinajstić information content (AvgIpc) is 3.43. The van der Waals surface area contributed by atoms with Crippen LogP contribution >= 0.6 is 15.9 Å². The summed E-state index contributed by atoms with van der Waals surface area (Å²) < 4.78 is 11.8. The summed E-state index contributed by atoms with van der Waals surface area (Å²) in [5.74, 6) is -2.54. The Kier molecular flexibility index (Phi) is 7.92. The Bertz CT molecular complexity index is 1050. The van der Waals surface area contributed by atoms with E-state index in [-0.39, 0.29) is 36.4 Å². The Morgan fingerprint density at radius 3 is 2.78 bits per heavy atom. The molecule has 3 fully saturated rings. The standard InChI is InChI=1S/C27H35BrN2O6/c1-5-11-29(19-14-16(3)9-10-17(19)4)25(33)23-27-15-18(28)22(36-27)20(26(34)35-6-2)21(27)24(32)30(23)12-7-8-13-31/h5,9-10,14,18,20-23,31H,1,6-8,11-13,15H2,2-4H3/t18?,20-,21+,22-,23-,27+/m1/s1. The summed E-state index contributed by atoms with van der Waals surface area (Å²) in [7, 11) is 0. The summed E-state index contributed by atoms with van der Waals surface area (Å²) in [5, 5.41) is 9.34. The normalized spacial score (nSPS) is 30.4. The van der Waals surface area contributed by atoms with Crippen molar-refractivity contribution < 1.29 is 29.0 Å². The number of hydrogen-bond acceptors (Lipinski definition) is 6. The van der Waals surface area contributed by atoms with Gasteiger partial charge >= 0.3 is 5.97 Å². The van der Waals surface area contributed by atoms with Gasteiger partial charge in [-0.05, 0) is 57.2 Å². The van der Waals surface area contributed by atoms with E-state index in [1.165, 1.54) is 0 Å². The van der Waals surface area contributed by atoms with Crippen molar-refractivity contribution in [2.24, 2.45) is 11.8 Å². The Labute approximate surface area is 220 Å². The van der Waals surface area contributed by atoms with Gasteiger partial charge in [-0.25, -0.2) is 0 Å². The van der Waals surface area contributed by atoms with Gasteiger partial charge in [0.25, 0.3) is 5.91 Å². The fraction of sp³-hybridized carbons (Fsp3) is 0.593. The number of carbonyl (C=O) groups excluding carboxylic acids is 3. The van der Waals surface area contributed by atoms with Gasteiger partial charge in [-0.3, -0.25) is 14.4 Å². The summed E-state index contributed by atoms with van der Waals surface area (Å²) in [6.07, 6.45) is 2.60. The maximum atomic E-state index is 14.4. The highest BCUT2D eigenvalue weighted by molar-refractivity contribution is 9.09. The van der Waals surface area contributed by atoms with E-state index in [9.17, 15) is 19.5 Å². The molecule has 2 amide bonds. The lowest BCUT2D eigenvalue weighted by molar-refractivity contribution is -0.154. The molecule has 1 aromatic rings. The molecule has 4 rings (SSSR count). The smallest absolute Gasteiger partial charge is 0.312 e. The number of aryl methyl sites for hydroxylation is 2. The van der Waals surface area contributed by atoms with Crippen molar-refractivity contribution >= 4 is 39.4 Å². The lowest BCUT2D eigenvalue weighted by atomic mass is 9.70. The van der Waals surface area contributed by atoms with Gasteiger partial charge in [0.1, 0.15) is 11.6 Å². The number of esters is 1. The van der Waals surface area contributed by atoms with Crippen LogP contribution in [0.25, 0.3) is 0 Å². The topological polar surface area (TPSA) is 96.4 Å². The largest absolute Gasteiger partial charge is 0.466 e. The Morgan fingerprint density at radius 2 is 2.11 bits per heavy atom. The molecular formula is C27H35BrN2O6. The summed E-state index contributed by atoms with van der Waals surface area (Å²) in [6.45, 7) is 10.3. The number of aliphatic hydroxyl groups excluding tert-OH is 1. The van der Waals surface area contributed by atoms with Gasteiger partial charge in [-0.1, -0.05) is 34.1 Å². The summed E-state index contributed by atoms with van der Waals surface area (Å²) in [4.78, 5) is 44.4. The molecule has 3 saturated heterocycles. The number of alkyl halides is 1. The molecule has 1 spiro atoms. The van der Waals surface area contributed by atoms with Crippen LogP contribution in [0.4, 0.5) is 5.69 Å². The van der Waals surface area contributed by atoms with Crippen LogP contribution < -0.4 is 4.90 Å². The minimum Gasteiger partial charge on any atom is -0.466 e. The number of likely N-dealkylation sites (tertiary alicyclic amines) is 1. The molecule has 3 aliphatic heterocycles. The maximum Gasteiger partial charge on any atom is 0.312 e. The number of carbonyl (C=O) groups is 3. The van der Waals surface area contributed by atoms with E-state index in [4.69, 9.17) is 9.47 Å². The van der Waals surface area contributed by atoms with E-state index < -0.39 is 35.6 Å². The van der Waals surface area contributed by atoms with Crippen molar-refractivity contribution in [2.45, 2.75) is 62.6 Å². The molecule has 6 atom stereocenters. The molecule has 1 aromatic carbocycles. The van der Waals surface area contributed by atoms with Crippen molar-refractivity contribution in [1.29, 1.82) is 0 Å². The first kappa shape index (κ1) is 26.8. The van der Waals surface area contributed by atoms with Crippen LogP contribution in [0.1, 0.15) is 37.3 Å². The number of ether oxygens (including phenoxy) is 2. The minimum absolute atomic E-state index is 0.00616. The van der Waals surface area contributed by atoms with Crippen molar-refractivity contribution in [2.75, 3.05) is 31.2 Å². The van der Waals surface area contributed by atoms with Crippen LogP contribution in [-0.2, 0) is 23.9 Å². The Morgan fingerprint density at radius 1 is 1.36 bits per heavy atom. The zero-order valence-electron chi connectivity index (χ0n) is 21.1. The number of aliphatic hydroxyl groups is 1. The molecule has 2 bridgehead atoms. The molecule has 1 N–H and O–H groups in total. The van der Waals surface area contributed by atoms with Gasteiger partial charge in [0.05, 0.1) is 24.5 Å². The first-order chi connectivity index (χ1) is 17.2. The van der Waals surface area contributed by atoms with Crippen LogP contribution in [0, 0.1) is 25.7 Å². The highest BCUT2D eigenvalue weighted by Gasteiger charge is 2.77. The van der Waals surface area contributed by atoms with E-state index in [2.05, 4.69) is 22.5 Å². The predicted octanol–water partition coefficient (Wildman–Crippen LogP) is 2.91. The van der Waals surface area contributed by atoms with Crippen LogP contribution in [0.5, 0.6) is 0 Å². The van der Waals surface area contributed by atoms with Crippen LogP contribution in [0.15, 0.2) is 30.9 Å². The number of halogens is 1. The number of hydrogen-bond donors (Lipinski definition) is 1. The van der Waals surface area contributed by atoms with Gasteiger partial charge in [0.2, 0.25) is 5.91 Å². The molecule has 196 valence electrons. The third-order valence-electron chi connectivity index (χ3n) is 7.62. The monoisotopic (exact) mass is 562 g/mol. The molecule has 3 aliphatic rings. The van der Waals surface area contributed by atoms with Gasteiger partial charge < -0.3 is 24.4 Å². The second-order valence-electron chi connectivity index (χ2n) is 9.91. The van der Waals surface area contributed by atoms with Crippen LogP contribution in [0.3, 0.4) is 0 Å². The lowest BCUT2D eigenvalue weighted by Gasteiger charge is -2.37. The number of anilines is 1. The molecule has 3 heterocycles. The third-order valence-corrected chi connectivity index (χ3v) is 8.47. The van der Waals surface area contributed by atoms with Crippen molar-refractivity contribution in [3.05, 3.63) is 42.0 Å². The van der Waals surface area contributed by atoms with Gasteiger partial charge in [0.15, 0.2) is 0 Å². The van der Waals surface area contributed by atoms with E-state index in [0.717, 1.165) is 16.8 Å². The first-order valence-electron chi connectivity index (χ1n) is 12.6. The lowest BCUT2D eigenvalue weighted by Crippen LogP contribution is -2.57. The van der Waals surface area contributed by atoms with Gasteiger partial charge in [0, 0.05) is 30.2 Å². The van der Waals surface area contributed by atoms with E-state index >= 15 is 0 Å². The molecule has 8 nitrogen and oxygen atoms in total. The van der Waals surface area contributed by atoms with Crippen molar-refractivity contribution in [3.8, 4) is 0 Å². The quantitative estimate of drug-likeness (QED) is 0.204. The highest BCUT2D eigenvalue weighted by atomic mass is 79.9. The van der Waals surface area contributed by atoms with E-state index in [0.29, 0.717) is 25.8 Å². The number of unbranched alkanes of at least 4 members (excludes halogenated alkanes) is 1. The highest BCUT2D eigenvalue weighted by Crippen LogP contribution is 2.60. The Balaban J connectivity index is 1.80. The first-order valence-corrected chi connectivity index (χ1v) is 13.5. The van der Waals surface area contributed by atoms with Gasteiger partial charge in [-0.2, -0.15) is 0 Å². The van der Waals surface area contributed by atoms with Crippen LogP contribution in [0.2, 0.25) is 0 Å². The number of amides is 2. The third kappa shape index (κ3) is 4.29. The zero-order valence-corrected chi connectivity index (χ0v) is 22.7. The Hall–Kier alpha value is -2.23. The SMILES string of the molecule is C=CCN(C(=O)[C@H]1N(CCCCO)C(=O)[C@@H]2[C@@H](C(=O)OCC)[C@@H]3O[C@@]21CC3Br)c1cc(C)ccc1C. The van der Waals surface area contributed by atoms with Crippen molar-refractivity contribution in [1.82, 2.24) is 4.90 Å². The molecule has 1 unspecified atom stereocenters. The maximum absolute atomic E-state index is 14.4. The molecular weight excluding hydrogens is 528 g/mol. The number of rotatable bonds is 10. The number of benzene rings is 1. The number of fused-ring (bicyclic) bond motifs is 1. The molecule has 9 heteroatoms. The molecule has 0 aromatic heterocycles. The second-order valence-corrected chi connectivity index (χ2v) is 11.1. The van der Waals surface area contributed by atoms with Gasteiger partial charge in [-0.15, -0.1) is 6.58 Å². The molecule has 0 radical (unpaired) electrons.